The minimum absolute atomic E-state index is 0.119. The average molecular weight is 260 g/mol. The molecule has 0 radical (unpaired) electrons. The number of nitrogen functional groups attached to an aromatic ring is 1. The molecule has 0 bridgehead atoms. The van der Waals surface area contributed by atoms with Crippen LogP contribution in [0.25, 0.3) is 0 Å². The standard InChI is InChI=1S/C14H13FN2O2/c1-8-2-3-12(13(18)4-8)14(19)17-11-6-9(15)5-10(16)7-11/h2-7,18H,16H2,1H3,(H,17,19). The Labute approximate surface area is 109 Å². The van der Waals surface area contributed by atoms with Crippen LogP contribution in [0, 0.1) is 12.7 Å². The number of phenols is 1. The smallest absolute Gasteiger partial charge is 0.259 e. The van der Waals surface area contributed by atoms with Crippen LogP contribution in [0.15, 0.2) is 36.4 Å². The van der Waals surface area contributed by atoms with E-state index in [-0.39, 0.29) is 22.7 Å². The van der Waals surface area contributed by atoms with Gasteiger partial charge in [-0.3, -0.25) is 4.79 Å². The highest BCUT2D eigenvalue weighted by molar-refractivity contribution is 6.06. The van der Waals surface area contributed by atoms with Gasteiger partial charge in [-0.25, -0.2) is 4.39 Å². The third-order valence-corrected chi connectivity index (χ3v) is 2.58. The molecule has 0 fully saturated rings. The average Bonchev–Trinajstić information content (AvgIpc) is 2.26. The number of carbonyl (C=O) groups excluding carboxylic acids is 1. The second-order valence-electron chi connectivity index (χ2n) is 4.25. The third kappa shape index (κ3) is 3.01. The van der Waals surface area contributed by atoms with E-state index in [2.05, 4.69) is 5.32 Å². The van der Waals surface area contributed by atoms with Crippen molar-refractivity contribution >= 4 is 17.3 Å². The van der Waals surface area contributed by atoms with Crippen molar-refractivity contribution < 1.29 is 14.3 Å². The van der Waals surface area contributed by atoms with Gasteiger partial charge in [0.25, 0.3) is 5.91 Å². The lowest BCUT2D eigenvalue weighted by Gasteiger charge is -2.08. The number of benzene rings is 2. The maximum Gasteiger partial charge on any atom is 0.259 e. The van der Waals surface area contributed by atoms with E-state index in [0.29, 0.717) is 0 Å². The van der Waals surface area contributed by atoms with Crippen LogP contribution in [0.3, 0.4) is 0 Å². The highest BCUT2D eigenvalue weighted by Crippen LogP contribution is 2.21. The van der Waals surface area contributed by atoms with Gasteiger partial charge in [0.2, 0.25) is 0 Å². The first-order valence-electron chi connectivity index (χ1n) is 5.63. The predicted molar refractivity (Wildman–Crippen MR) is 71.6 cm³/mol. The van der Waals surface area contributed by atoms with Crippen LogP contribution < -0.4 is 11.1 Å². The van der Waals surface area contributed by atoms with Crippen molar-refractivity contribution in [2.45, 2.75) is 6.92 Å². The van der Waals surface area contributed by atoms with Crippen molar-refractivity contribution in [3.63, 3.8) is 0 Å². The molecule has 2 rings (SSSR count). The Balaban J connectivity index is 2.25. The van der Waals surface area contributed by atoms with Crippen LogP contribution in [-0.2, 0) is 0 Å². The molecular formula is C14H13FN2O2. The number of carbonyl (C=O) groups is 1. The minimum atomic E-state index is -0.538. The summed E-state index contributed by atoms with van der Waals surface area (Å²) < 4.78 is 13.1. The van der Waals surface area contributed by atoms with Gasteiger partial charge in [-0.2, -0.15) is 0 Å². The lowest BCUT2D eigenvalue weighted by Crippen LogP contribution is -2.12. The lowest BCUT2D eigenvalue weighted by molar-refractivity contribution is 0.102. The fourth-order valence-electron chi connectivity index (χ4n) is 1.72. The number of anilines is 2. The number of aryl methyl sites for hydroxylation is 1. The summed E-state index contributed by atoms with van der Waals surface area (Å²) in [6.07, 6.45) is 0. The molecule has 2 aromatic rings. The second kappa shape index (κ2) is 4.97. The summed E-state index contributed by atoms with van der Waals surface area (Å²) in [4.78, 5) is 11.9. The van der Waals surface area contributed by atoms with Crippen molar-refractivity contribution in [2.24, 2.45) is 0 Å². The highest BCUT2D eigenvalue weighted by Gasteiger charge is 2.11. The Morgan fingerprint density at radius 2 is 2.00 bits per heavy atom. The maximum absolute atomic E-state index is 13.1. The second-order valence-corrected chi connectivity index (χ2v) is 4.25. The SMILES string of the molecule is Cc1ccc(C(=O)Nc2cc(N)cc(F)c2)c(O)c1. The molecule has 0 aliphatic heterocycles. The number of nitrogens with one attached hydrogen (secondary N) is 1. The molecule has 98 valence electrons. The third-order valence-electron chi connectivity index (χ3n) is 2.58. The number of phenolic OH excluding ortho intramolecular Hbond substituents is 1. The van der Waals surface area contributed by atoms with Gasteiger partial charge in [-0.05, 0) is 42.8 Å². The number of hydrogen-bond donors (Lipinski definition) is 3. The molecule has 0 aliphatic carbocycles. The number of aromatic hydroxyl groups is 1. The molecular weight excluding hydrogens is 247 g/mol. The van der Waals surface area contributed by atoms with Crippen molar-refractivity contribution in [3.05, 3.63) is 53.3 Å². The Kier molecular flexibility index (Phi) is 3.37. The highest BCUT2D eigenvalue weighted by atomic mass is 19.1. The first kappa shape index (κ1) is 12.9. The summed E-state index contributed by atoms with van der Waals surface area (Å²) in [5.74, 6) is -1.19. The Morgan fingerprint density at radius 3 is 2.63 bits per heavy atom. The zero-order chi connectivity index (χ0) is 14.0. The quantitative estimate of drug-likeness (QED) is 0.727. The summed E-state index contributed by atoms with van der Waals surface area (Å²) in [5.41, 5.74) is 6.89. The maximum atomic E-state index is 13.1. The Hall–Kier alpha value is -2.56. The summed E-state index contributed by atoms with van der Waals surface area (Å²) in [6.45, 7) is 1.80. The summed E-state index contributed by atoms with van der Waals surface area (Å²) in [7, 11) is 0. The Morgan fingerprint density at radius 1 is 1.26 bits per heavy atom. The molecule has 4 N–H and O–H groups in total. The van der Waals surface area contributed by atoms with Crippen molar-refractivity contribution in [3.8, 4) is 5.75 Å². The van der Waals surface area contributed by atoms with Gasteiger partial charge >= 0.3 is 0 Å². The van der Waals surface area contributed by atoms with Gasteiger partial charge in [-0.1, -0.05) is 6.07 Å². The van der Waals surface area contributed by atoms with Gasteiger partial charge < -0.3 is 16.2 Å². The molecule has 0 aliphatic rings. The van der Waals surface area contributed by atoms with E-state index in [0.717, 1.165) is 17.7 Å². The molecule has 0 aromatic heterocycles. The monoisotopic (exact) mass is 260 g/mol. The number of amides is 1. The number of halogens is 1. The largest absolute Gasteiger partial charge is 0.507 e. The summed E-state index contributed by atoms with van der Waals surface area (Å²) >= 11 is 0. The molecule has 0 heterocycles. The summed E-state index contributed by atoms with van der Waals surface area (Å²) in [5, 5.41) is 12.2. The molecule has 0 saturated heterocycles. The molecule has 1 amide bonds. The summed E-state index contributed by atoms with van der Waals surface area (Å²) in [6, 6.07) is 8.43. The fraction of sp³-hybridized carbons (Fsp3) is 0.0714. The van der Waals surface area contributed by atoms with Gasteiger partial charge in [0, 0.05) is 11.4 Å². The molecule has 0 spiro atoms. The zero-order valence-corrected chi connectivity index (χ0v) is 10.3. The number of hydrogen-bond acceptors (Lipinski definition) is 3. The first-order valence-corrected chi connectivity index (χ1v) is 5.63. The van der Waals surface area contributed by atoms with Crippen LogP contribution in [0.4, 0.5) is 15.8 Å². The van der Waals surface area contributed by atoms with Crippen LogP contribution in [0.5, 0.6) is 5.75 Å². The zero-order valence-electron chi connectivity index (χ0n) is 10.3. The normalized spacial score (nSPS) is 10.2. The first-order chi connectivity index (χ1) is 8.95. The molecule has 0 saturated carbocycles. The van der Waals surface area contributed by atoms with Crippen molar-refractivity contribution in [1.82, 2.24) is 0 Å². The topological polar surface area (TPSA) is 75.4 Å². The molecule has 19 heavy (non-hydrogen) atoms. The van der Waals surface area contributed by atoms with E-state index in [1.807, 2.05) is 0 Å². The predicted octanol–water partition coefficient (Wildman–Crippen LogP) is 2.67. The van der Waals surface area contributed by atoms with Crippen molar-refractivity contribution in [2.75, 3.05) is 11.1 Å². The van der Waals surface area contributed by atoms with E-state index in [1.54, 1.807) is 13.0 Å². The van der Waals surface area contributed by atoms with E-state index in [1.165, 1.54) is 18.2 Å². The van der Waals surface area contributed by atoms with Crippen LogP contribution >= 0.6 is 0 Å². The molecule has 0 unspecified atom stereocenters. The van der Waals surface area contributed by atoms with E-state index in [9.17, 15) is 14.3 Å². The van der Waals surface area contributed by atoms with Crippen LogP contribution in [-0.4, -0.2) is 11.0 Å². The number of rotatable bonds is 2. The van der Waals surface area contributed by atoms with Crippen LogP contribution in [0.1, 0.15) is 15.9 Å². The molecule has 5 heteroatoms. The molecule has 0 atom stereocenters. The Bertz CT molecular complexity index is 621. The molecule has 4 nitrogen and oxygen atoms in total. The fourth-order valence-corrected chi connectivity index (χ4v) is 1.72. The van der Waals surface area contributed by atoms with Gasteiger partial charge in [0.1, 0.15) is 11.6 Å². The lowest BCUT2D eigenvalue weighted by atomic mass is 10.1. The van der Waals surface area contributed by atoms with E-state index < -0.39 is 11.7 Å². The van der Waals surface area contributed by atoms with Crippen molar-refractivity contribution in [1.29, 1.82) is 0 Å². The number of nitrogens with two attached hydrogens (primary N) is 1. The van der Waals surface area contributed by atoms with E-state index >= 15 is 0 Å². The van der Waals surface area contributed by atoms with E-state index in [4.69, 9.17) is 5.73 Å². The van der Waals surface area contributed by atoms with Gasteiger partial charge in [-0.15, -0.1) is 0 Å². The van der Waals surface area contributed by atoms with Crippen LogP contribution in [0.2, 0.25) is 0 Å². The molecule has 2 aromatic carbocycles. The van der Waals surface area contributed by atoms with Gasteiger partial charge in [0.05, 0.1) is 5.56 Å². The van der Waals surface area contributed by atoms with Gasteiger partial charge in [0.15, 0.2) is 0 Å². The minimum Gasteiger partial charge on any atom is -0.507 e.